The summed E-state index contributed by atoms with van der Waals surface area (Å²) in [5, 5.41) is 14.4. The summed E-state index contributed by atoms with van der Waals surface area (Å²) in [5.41, 5.74) is 1.87. The van der Waals surface area contributed by atoms with Crippen molar-refractivity contribution in [3.05, 3.63) is 50.2 Å². The lowest BCUT2D eigenvalue weighted by atomic mass is 10.0. The van der Waals surface area contributed by atoms with Crippen LogP contribution < -0.4 is 5.32 Å². The van der Waals surface area contributed by atoms with Crippen molar-refractivity contribution in [3.63, 3.8) is 0 Å². The Morgan fingerprint density at radius 1 is 1.43 bits per heavy atom. The zero-order valence-electron chi connectivity index (χ0n) is 14.3. The lowest BCUT2D eigenvalue weighted by Crippen LogP contribution is -2.30. The summed E-state index contributed by atoms with van der Waals surface area (Å²) in [6.07, 6.45) is -5.57. The SMILES string of the molecule is N#Cc1ccsc1CSc1c(Cl)ccc2c1CCNCC2OC(=O)C(F)(F)F. The smallest absolute Gasteiger partial charge is 0.449 e. The number of esters is 1. The van der Waals surface area contributed by atoms with Crippen LogP contribution in [0.1, 0.15) is 27.7 Å². The topological polar surface area (TPSA) is 62.1 Å². The highest BCUT2D eigenvalue weighted by atomic mass is 35.5. The number of nitrogens with zero attached hydrogens (tertiary/aromatic N) is 1. The van der Waals surface area contributed by atoms with Crippen LogP contribution in [0, 0.1) is 11.3 Å². The number of hydrogen-bond donors (Lipinski definition) is 1. The summed E-state index contributed by atoms with van der Waals surface area (Å²) in [6, 6.07) is 7.08. The summed E-state index contributed by atoms with van der Waals surface area (Å²) in [6.45, 7) is 0.605. The number of ether oxygens (including phenoxy) is 1. The van der Waals surface area contributed by atoms with Crippen LogP contribution in [-0.2, 0) is 21.7 Å². The molecular weight excluding hydrogens is 433 g/mol. The molecule has 2 aromatic rings. The molecule has 1 unspecified atom stereocenters. The molecule has 1 aromatic heterocycles. The number of nitrogens with one attached hydrogen (secondary N) is 1. The summed E-state index contributed by atoms with van der Waals surface area (Å²) < 4.78 is 42.6. The van der Waals surface area contributed by atoms with E-state index in [9.17, 15) is 18.0 Å². The third-order valence-electron chi connectivity index (χ3n) is 4.17. The number of thioether (sulfide) groups is 1. The first-order valence-electron chi connectivity index (χ1n) is 8.20. The van der Waals surface area contributed by atoms with Gasteiger partial charge in [0.1, 0.15) is 12.2 Å². The van der Waals surface area contributed by atoms with E-state index < -0.39 is 18.2 Å². The first-order valence-corrected chi connectivity index (χ1v) is 10.4. The Kier molecular flexibility index (Phi) is 6.55. The summed E-state index contributed by atoms with van der Waals surface area (Å²) in [7, 11) is 0. The Morgan fingerprint density at radius 3 is 2.93 bits per heavy atom. The van der Waals surface area contributed by atoms with Crippen molar-refractivity contribution in [1.82, 2.24) is 5.32 Å². The first kappa shape index (κ1) is 21.0. The first-order chi connectivity index (χ1) is 13.3. The third kappa shape index (κ3) is 4.63. The van der Waals surface area contributed by atoms with Gasteiger partial charge in [-0.25, -0.2) is 4.79 Å². The number of hydrogen-bond acceptors (Lipinski definition) is 6. The van der Waals surface area contributed by atoms with Crippen molar-refractivity contribution in [3.8, 4) is 6.07 Å². The molecule has 0 saturated carbocycles. The molecule has 0 bridgehead atoms. The van der Waals surface area contributed by atoms with Gasteiger partial charge in [0, 0.05) is 22.1 Å². The van der Waals surface area contributed by atoms with Crippen LogP contribution in [0.5, 0.6) is 0 Å². The highest BCUT2D eigenvalue weighted by molar-refractivity contribution is 7.98. The molecule has 0 amide bonds. The molecule has 0 fully saturated rings. The molecule has 28 heavy (non-hydrogen) atoms. The second-order valence-corrected chi connectivity index (χ2v) is 8.34. The van der Waals surface area contributed by atoms with Gasteiger partial charge in [-0.1, -0.05) is 17.7 Å². The highest BCUT2D eigenvalue weighted by Gasteiger charge is 2.43. The molecule has 4 nitrogen and oxygen atoms in total. The lowest BCUT2D eigenvalue weighted by molar-refractivity contribution is -0.205. The predicted molar refractivity (Wildman–Crippen MR) is 102 cm³/mol. The van der Waals surface area contributed by atoms with Gasteiger partial charge in [0.25, 0.3) is 0 Å². The van der Waals surface area contributed by atoms with E-state index >= 15 is 0 Å². The standard InChI is InChI=1S/C18H14ClF3N2O2S2/c19-13-2-1-11-12(16(13)28-9-15-10(7-23)4-6-27-15)3-5-24-8-14(11)26-17(25)18(20,21)22/h1-2,4,6,14,24H,3,5,8-9H2. The monoisotopic (exact) mass is 446 g/mol. The Hall–Kier alpha value is -1.73. The quantitative estimate of drug-likeness (QED) is 0.537. The normalized spacial score (nSPS) is 16.8. The van der Waals surface area contributed by atoms with Gasteiger partial charge in [0.2, 0.25) is 0 Å². The van der Waals surface area contributed by atoms with Gasteiger partial charge in [0.15, 0.2) is 0 Å². The zero-order valence-corrected chi connectivity index (χ0v) is 16.7. The van der Waals surface area contributed by atoms with Gasteiger partial charge in [-0.05, 0) is 41.6 Å². The number of alkyl halides is 3. The van der Waals surface area contributed by atoms with E-state index in [1.54, 1.807) is 18.2 Å². The number of carbonyl (C=O) groups excluding carboxylic acids is 1. The summed E-state index contributed by atoms with van der Waals surface area (Å²) in [5.74, 6) is -1.70. The molecule has 0 radical (unpaired) electrons. The van der Waals surface area contributed by atoms with Crippen molar-refractivity contribution in [1.29, 1.82) is 5.26 Å². The molecule has 0 saturated heterocycles. The van der Waals surface area contributed by atoms with Crippen LogP contribution in [0.15, 0.2) is 28.5 Å². The van der Waals surface area contributed by atoms with Gasteiger partial charge < -0.3 is 10.1 Å². The van der Waals surface area contributed by atoms with Crippen LogP contribution in [0.3, 0.4) is 0 Å². The average molecular weight is 447 g/mol. The minimum atomic E-state index is -5.05. The number of rotatable bonds is 4. The molecule has 148 valence electrons. The van der Waals surface area contributed by atoms with Crippen molar-refractivity contribution in [2.24, 2.45) is 0 Å². The fourth-order valence-electron chi connectivity index (χ4n) is 2.88. The van der Waals surface area contributed by atoms with E-state index in [4.69, 9.17) is 21.6 Å². The molecule has 1 atom stereocenters. The molecule has 10 heteroatoms. The van der Waals surface area contributed by atoms with Gasteiger partial charge in [0.05, 0.1) is 10.6 Å². The van der Waals surface area contributed by atoms with E-state index in [0.29, 0.717) is 34.9 Å². The molecule has 1 aromatic carbocycles. The minimum Gasteiger partial charge on any atom is -0.449 e. The predicted octanol–water partition coefficient (Wildman–Crippen LogP) is 4.86. The number of fused-ring (bicyclic) bond motifs is 1. The molecule has 2 heterocycles. The average Bonchev–Trinajstić information content (AvgIpc) is 3.00. The highest BCUT2D eigenvalue weighted by Crippen LogP contribution is 2.40. The molecule has 0 spiro atoms. The molecule has 1 aliphatic heterocycles. The van der Waals surface area contributed by atoms with Gasteiger partial charge >= 0.3 is 12.1 Å². The van der Waals surface area contributed by atoms with Crippen LogP contribution in [0.25, 0.3) is 0 Å². The van der Waals surface area contributed by atoms with E-state index in [-0.39, 0.29) is 6.54 Å². The van der Waals surface area contributed by atoms with Crippen LogP contribution >= 0.6 is 34.7 Å². The van der Waals surface area contributed by atoms with E-state index in [1.165, 1.54) is 23.1 Å². The van der Waals surface area contributed by atoms with E-state index in [0.717, 1.165) is 15.3 Å². The Labute approximate surface area is 172 Å². The minimum absolute atomic E-state index is 0.0874. The molecule has 1 aliphatic rings. The number of nitriles is 1. The van der Waals surface area contributed by atoms with E-state index in [2.05, 4.69) is 11.4 Å². The van der Waals surface area contributed by atoms with Crippen LogP contribution in [-0.4, -0.2) is 25.2 Å². The maximum Gasteiger partial charge on any atom is 0.490 e. The second kappa shape index (κ2) is 8.74. The van der Waals surface area contributed by atoms with Crippen molar-refractivity contribution < 1.29 is 22.7 Å². The zero-order chi connectivity index (χ0) is 20.3. The van der Waals surface area contributed by atoms with Crippen LogP contribution in [0.2, 0.25) is 5.02 Å². The Morgan fingerprint density at radius 2 is 2.21 bits per heavy atom. The maximum atomic E-state index is 12.6. The maximum absolute atomic E-state index is 12.6. The summed E-state index contributed by atoms with van der Waals surface area (Å²) >= 11 is 9.24. The summed E-state index contributed by atoms with van der Waals surface area (Å²) in [4.78, 5) is 12.9. The molecular formula is C18H14ClF3N2O2S2. The Balaban J connectivity index is 1.90. The second-order valence-electron chi connectivity index (χ2n) is 5.95. The van der Waals surface area contributed by atoms with E-state index in [1.807, 2.05) is 5.38 Å². The molecule has 0 aliphatic carbocycles. The number of halogens is 4. The fraction of sp³-hybridized carbons (Fsp3) is 0.333. The largest absolute Gasteiger partial charge is 0.490 e. The van der Waals surface area contributed by atoms with Crippen molar-refractivity contribution in [2.75, 3.05) is 13.1 Å². The lowest BCUT2D eigenvalue weighted by Gasteiger charge is -2.21. The van der Waals surface area contributed by atoms with Gasteiger partial charge in [-0.15, -0.1) is 23.1 Å². The van der Waals surface area contributed by atoms with Crippen molar-refractivity contribution in [2.45, 2.75) is 29.3 Å². The Bertz CT molecular complexity index is 925. The number of benzene rings is 1. The number of thiophene rings is 1. The van der Waals surface area contributed by atoms with Crippen LogP contribution in [0.4, 0.5) is 13.2 Å². The number of carbonyl (C=O) groups is 1. The van der Waals surface area contributed by atoms with Crippen molar-refractivity contribution >= 4 is 40.7 Å². The molecule has 1 N–H and O–H groups in total. The third-order valence-corrected chi connectivity index (χ3v) is 6.89. The fourth-order valence-corrected chi connectivity index (χ4v) is 5.31. The van der Waals surface area contributed by atoms with Gasteiger partial charge in [-0.3, -0.25) is 0 Å². The molecule has 3 rings (SSSR count). The van der Waals surface area contributed by atoms with Gasteiger partial charge in [-0.2, -0.15) is 18.4 Å².